The molecule has 1 atom stereocenters. The summed E-state index contributed by atoms with van der Waals surface area (Å²) in [5.41, 5.74) is 1.37. The molecule has 0 aromatic heterocycles. The fourth-order valence-electron chi connectivity index (χ4n) is 3.34. The van der Waals surface area contributed by atoms with Gasteiger partial charge in [0.25, 0.3) is 5.91 Å². The van der Waals surface area contributed by atoms with E-state index in [1.165, 1.54) is 9.71 Å². The smallest absolute Gasteiger partial charge is 0.282 e. The van der Waals surface area contributed by atoms with Crippen molar-refractivity contribution in [2.24, 2.45) is 0 Å². The van der Waals surface area contributed by atoms with Gasteiger partial charge in [-0.05, 0) is 36.8 Å². The van der Waals surface area contributed by atoms with Crippen LogP contribution >= 0.6 is 23.2 Å². The highest BCUT2D eigenvalue weighted by Crippen LogP contribution is 2.22. The minimum atomic E-state index is -3.50. The topological polar surface area (TPSA) is 70.9 Å². The van der Waals surface area contributed by atoms with Crippen molar-refractivity contribution in [2.45, 2.75) is 13.0 Å². The van der Waals surface area contributed by atoms with E-state index in [0.717, 1.165) is 10.5 Å². The molecule has 1 heterocycles. The van der Waals surface area contributed by atoms with Gasteiger partial charge in [-0.1, -0.05) is 53.5 Å². The van der Waals surface area contributed by atoms with Crippen LogP contribution in [0.5, 0.6) is 0 Å². The number of benzene rings is 2. The monoisotopic (exact) mass is 468 g/mol. The molecular weight excluding hydrogens is 445 g/mol. The second-order valence-corrected chi connectivity index (χ2v) is 9.88. The number of halogens is 2. The van der Waals surface area contributed by atoms with Crippen LogP contribution in [0.3, 0.4) is 0 Å². The van der Waals surface area contributed by atoms with Gasteiger partial charge in [-0.2, -0.15) is 4.31 Å². The van der Waals surface area contributed by atoms with Gasteiger partial charge in [-0.25, -0.2) is 8.42 Å². The van der Waals surface area contributed by atoms with Gasteiger partial charge in [0.05, 0.1) is 26.2 Å². The maximum absolute atomic E-state index is 12.6. The number of carbonyl (C=O) groups excluding carboxylic acids is 1. The Morgan fingerprint density at radius 3 is 2.30 bits per heavy atom. The van der Waals surface area contributed by atoms with Gasteiger partial charge in [0, 0.05) is 21.1 Å². The van der Waals surface area contributed by atoms with Gasteiger partial charge in [-0.3, -0.25) is 4.79 Å². The number of nitrogens with zero attached hydrogens (tertiary/aromatic N) is 1. The normalized spacial score (nSPS) is 17.2. The second-order valence-electron chi connectivity index (χ2n) is 7.18. The third kappa shape index (κ3) is 6.06. The number of amides is 1. The van der Waals surface area contributed by atoms with Crippen LogP contribution in [0.15, 0.2) is 53.9 Å². The first-order valence-corrected chi connectivity index (χ1v) is 11.9. The summed E-state index contributed by atoms with van der Waals surface area (Å²) in [5.74, 6) is -0.163. The van der Waals surface area contributed by atoms with Crippen LogP contribution in [0, 0.1) is 0 Å². The first-order valence-electron chi connectivity index (χ1n) is 9.59. The molecule has 0 radical (unpaired) electrons. The summed E-state index contributed by atoms with van der Waals surface area (Å²) in [7, 11) is -3.50. The maximum atomic E-state index is 12.6. The SMILES string of the molecule is C[C@H](C(=O)Nc1cc(Cl)cc(Cl)c1)[NH+]1CCN(S(=O)(=O)/C=C/c2ccccc2)CC1. The lowest BCUT2D eigenvalue weighted by Crippen LogP contribution is -3.19. The summed E-state index contributed by atoms with van der Waals surface area (Å²) < 4.78 is 26.7. The molecule has 0 spiro atoms. The molecule has 2 aromatic rings. The van der Waals surface area contributed by atoms with E-state index in [0.29, 0.717) is 41.9 Å². The predicted octanol–water partition coefficient (Wildman–Crippen LogP) is 2.52. The van der Waals surface area contributed by atoms with Crippen molar-refractivity contribution >= 4 is 50.9 Å². The van der Waals surface area contributed by atoms with Crippen LogP contribution in [0.25, 0.3) is 6.08 Å². The molecule has 1 aliphatic heterocycles. The summed E-state index contributed by atoms with van der Waals surface area (Å²) >= 11 is 12.0. The van der Waals surface area contributed by atoms with Crippen molar-refractivity contribution in [3.8, 4) is 0 Å². The molecule has 6 nitrogen and oxygen atoms in total. The fraction of sp³-hybridized carbons (Fsp3) is 0.286. The van der Waals surface area contributed by atoms with E-state index in [9.17, 15) is 13.2 Å². The van der Waals surface area contributed by atoms with E-state index < -0.39 is 10.0 Å². The molecule has 30 heavy (non-hydrogen) atoms. The number of nitrogens with one attached hydrogen (secondary N) is 2. The Hall–Kier alpha value is -1.90. The molecule has 9 heteroatoms. The minimum absolute atomic E-state index is 0.163. The number of hydrogen-bond acceptors (Lipinski definition) is 3. The van der Waals surface area contributed by atoms with Crippen LogP contribution in [-0.2, 0) is 14.8 Å². The minimum Gasteiger partial charge on any atom is -0.323 e. The maximum Gasteiger partial charge on any atom is 0.282 e. The molecule has 0 saturated carbocycles. The third-order valence-electron chi connectivity index (χ3n) is 5.09. The molecule has 0 aliphatic carbocycles. The summed E-state index contributed by atoms with van der Waals surface area (Å²) in [6.07, 6.45) is 1.60. The van der Waals surface area contributed by atoms with Crippen LogP contribution in [0.2, 0.25) is 10.0 Å². The van der Waals surface area contributed by atoms with Crippen molar-refractivity contribution < 1.29 is 18.1 Å². The van der Waals surface area contributed by atoms with Gasteiger partial charge in [0.15, 0.2) is 6.04 Å². The zero-order valence-corrected chi connectivity index (χ0v) is 18.8. The lowest BCUT2D eigenvalue weighted by Gasteiger charge is -2.33. The molecular formula is C21H24Cl2N3O3S+. The van der Waals surface area contributed by atoms with E-state index in [1.807, 2.05) is 37.3 Å². The number of quaternary nitrogens is 1. The van der Waals surface area contributed by atoms with E-state index >= 15 is 0 Å². The van der Waals surface area contributed by atoms with Crippen LogP contribution in [0.4, 0.5) is 5.69 Å². The number of carbonyl (C=O) groups is 1. The fourth-order valence-corrected chi connectivity index (χ4v) is 5.06. The number of anilines is 1. The molecule has 0 unspecified atom stereocenters. The quantitative estimate of drug-likeness (QED) is 0.683. The van der Waals surface area contributed by atoms with Crippen molar-refractivity contribution in [1.29, 1.82) is 0 Å². The molecule has 160 valence electrons. The van der Waals surface area contributed by atoms with Crippen molar-refractivity contribution in [3.05, 3.63) is 69.5 Å². The number of hydrogen-bond donors (Lipinski definition) is 2. The van der Waals surface area contributed by atoms with Crippen molar-refractivity contribution in [2.75, 3.05) is 31.5 Å². The Morgan fingerprint density at radius 1 is 1.10 bits per heavy atom. The van der Waals surface area contributed by atoms with Gasteiger partial charge >= 0.3 is 0 Å². The van der Waals surface area contributed by atoms with E-state index in [2.05, 4.69) is 5.32 Å². The number of rotatable bonds is 6. The van der Waals surface area contributed by atoms with Gasteiger partial charge in [0.2, 0.25) is 10.0 Å². The van der Waals surface area contributed by atoms with E-state index in [1.54, 1.807) is 24.3 Å². The zero-order chi connectivity index (χ0) is 21.7. The second kappa shape index (κ2) is 9.94. The van der Waals surface area contributed by atoms with Gasteiger partial charge in [0.1, 0.15) is 0 Å². The first-order chi connectivity index (χ1) is 14.2. The summed E-state index contributed by atoms with van der Waals surface area (Å²) in [6.45, 7) is 3.64. The highest BCUT2D eigenvalue weighted by molar-refractivity contribution is 7.92. The van der Waals surface area contributed by atoms with E-state index in [4.69, 9.17) is 23.2 Å². The molecule has 1 amide bonds. The first kappa shape index (κ1) is 22.8. The number of piperazine rings is 1. The van der Waals surface area contributed by atoms with Gasteiger partial charge in [-0.15, -0.1) is 0 Å². The molecule has 1 aliphatic rings. The molecule has 1 saturated heterocycles. The Morgan fingerprint density at radius 2 is 1.70 bits per heavy atom. The van der Waals surface area contributed by atoms with Crippen molar-refractivity contribution in [1.82, 2.24) is 4.31 Å². The molecule has 2 aromatic carbocycles. The summed E-state index contributed by atoms with van der Waals surface area (Å²) in [5, 5.41) is 4.96. The summed E-state index contributed by atoms with van der Waals surface area (Å²) in [4.78, 5) is 13.6. The van der Waals surface area contributed by atoms with Crippen LogP contribution < -0.4 is 10.2 Å². The van der Waals surface area contributed by atoms with Crippen LogP contribution in [-0.4, -0.2) is 50.9 Å². The molecule has 3 rings (SSSR count). The standard InChI is InChI=1S/C21H23Cl2N3O3S/c1-16(21(27)24-20-14-18(22)13-19(23)15-20)25-8-10-26(11-9-25)30(28,29)12-7-17-5-3-2-4-6-17/h2-7,12-16H,8-11H2,1H3,(H,24,27)/p+1/b12-7+/t16-/m1/s1. The highest BCUT2D eigenvalue weighted by Gasteiger charge is 2.32. The Bertz CT molecular complexity index is 1000. The Labute approximate surface area is 187 Å². The third-order valence-corrected chi connectivity index (χ3v) is 7.09. The zero-order valence-electron chi connectivity index (χ0n) is 16.5. The van der Waals surface area contributed by atoms with E-state index in [-0.39, 0.29) is 11.9 Å². The highest BCUT2D eigenvalue weighted by atomic mass is 35.5. The molecule has 1 fully saturated rings. The average Bonchev–Trinajstić information content (AvgIpc) is 2.72. The lowest BCUT2D eigenvalue weighted by atomic mass is 10.2. The van der Waals surface area contributed by atoms with Crippen LogP contribution in [0.1, 0.15) is 12.5 Å². The van der Waals surface area contributed by atoms with Gasteiger partial charge < -0.3 is 10.2 Å². The Kier molecular flexibility index (Phi) is 7.55. The molecule has 2 N–H and O–H groups in total. The van der Waals surface area contributed by atoms with Crippen molar-refractivity contribution in [3.63, 3.8) is 0 Å². The summed E-state index contributed by atoms with van der Waals surface area (Å²) in [6, 6.07) is 13.8. The number of sulfonamides is 1. The largest absolute Gasteiger partial charge is 0.323 e. The average molecular weight is 469 g/mol. The molecule has 0 bridgehead atoms. The lowest BCUT2D eigenvalue weighted by molar-refractivity contribution is -0.917. The predicted molar refractivity (Wildman–Crippen MR) is 121 cm³/mol. The Balaban J connectivity index is 1.56.